The second-order valence-electron chi connectivity index (χ2n) is 7.88. The van der Waals surface area contributed by atoms with Crippen molar-refractivity contribution in [1.82, 2.24) is 0 Å². The molecule has 33 heavy (non-hydrogen) atoms. The predicted molar refractivity (Wildman–Crippen MR) is 117 cm³/mol. The van der Waals surface area contributed by atoms with E-state index in [1.807, 2.05) is 0 Å². The number of hydrogen-bond acceptors (Lipinski definition) is 9. The highest BCUT2D eigenvalue weighted by Crippen LogP contribution is 2.48. The number of hydrogen-bond donors (Lipinski definition) is 3. The topological polar surface area (TPSA) is 140 Å². The lowest BCUT2D eigenvalue weighted by atomic mass is 9.91. The average Bonchev–Trinajstić information content (AvgIpc) is 3.14. The zero-order valence-electron chi connectivity index (χ0n) is 18.0. The van der Waals surface area contributed by atoms with E-state index in [0.29, 0.717) is 10.9 Å². The minimum atomic E-state index is -1.13. The number of aryl methyl sites for hydroxylation is 2. The molecule has 0 bridgehead atoms. The number of ether oxygens (including phenoxy) is 2. The van der Waals surface area contributed by atoms with E-state index in [1.54, 1.807) is 26.8 Å². The van der Waals surface area contributed by atoms with Gasteiger partial charge in [0.1, 0.15) is 34.2 Å². The molecule has 0 saturated heterocycles. The van der Waals surface area contributed by atoms with Gasteiger partial charge >= 0.3 is 11.3 Å². The molecule has 2 unspecified atom stereocenters. The van der Waals surface area contributed by atoms with Crippen molar-refractivity contribution in [2.45, 2.75) is 33.0 Å². The summed E-state index contributed by atoms with van der Waals surface area (Å²) in [5.74, 6) is -1.53. The first-order chi connectivity index (χ1) is 15.7. The summed E-state index contributed by atoms with van der Waals surface area (Å²) < 4.78 is 22.6. The van der Waals surface area contributed by atoms with Crippen LogP contribution >= 0.6 is 0 Å². The van der Waals surface area contributed by atoms with Gasteiger partial charge in [-0.25, -0.2) is 9.59 Å². The normalized spacial score (nSPS) is 17.4. The van der Waals surface area contributed by atoms with E-state index in [-0.39, 0.29) is 57.1 Å². The first-order valence-electron chi connectivity index (χ1n) is 10.3. The van der Waals surface area contributed by atoms with Crippen LogP contribution in [0.2, 0.25) is 0 Å². The van der Waals surface area contributed by atoms with Crippen molar-refractivity contribution in [3.8, 4) is 23.0 Å². The lowest BCUT2D eigenvalue weighted by Gasteiger charge is -2.19. The maximum atomic E-state index is 13.1. The van der Waals surface area contributed by atoms with E-state index in [4.69, 9.17) is 18.3 Å². The molecule has 5 rings (SSSR count). The van der Waals surface area contributed by atoms with Crippen molar-refractivity contribution >= 4 is 21.9 Å². The van der Waals surface area contributed by atoms with Gasteiger partial charge in [0, 0.05) is 17.7 Å². The highest BCUT2D eigenvalue weighted by Gasteiger charge is 2.44. The SMILES string of the molecule is CCOC1Oc2c(c(=O)oc3c(C)c(O)ccc23)C1c1c(O)c2ccc(O)c(C)c2oc1=O. The summed E-state index contributed by atoms with van der Waals surface area (Å²) >= 11 is 0. The summed E-state index contributed by atoms with van der Waals surface area (Å²) in [5, 5.41) is 31.6. The minimum absolute atomic E-state index is 0.00323. The van der Waals surface area contributed by atoms with Gasteiger partial charge in [0.05, 0.1) is 27.8 Å². The largest absolute Gasteiger partial charge is 0.508 e. The molecule has 1 aliphatic heterocycles. The van der Waals surface area contributed by atoms with E-state index in [0.717, 1.165) is 0 Å². The zero-order valence-corrected chi connectivity index (χ0v) is 18.0. The molecule has 2 aromatic heterocycles. The van der Waals surface area contributed by atoms with Crippen molar-refractivity contribution in [2.24, 2.45) is 0 Å². The Labute approximate surface area is 186 Å². The van der Waals surface area contributed by atoms with E-state index >= 15 is 0 Å². The van der Waals surface area contributed by atoms with Crippen LogP contribution in [0.4, 0.5) is 0 Å². The fourth-order valence-corrected chi connectivity index (χ4v) is 4.33. The number of phenols is 2. The van der Waals surface area contributed by atoms with Crippen molar-refractivity contribution in [1.29, 1.82) is 0 Å². The van der Waals surface area contributed by atoms with E-state index in [9.17, 15) is 24.9 Å². The van der Waals surface area contributed by atoms with Gasteiger partial charge in [0.25, 0.3) is 0 Å². The molecule has 170 valence electrons. The molecular formula is C24H20O9. The second-order valence-corrected chi connectivity index (χ2v) is 7.88. The molecule has 1 aliphatic rings. The van der Waals surface area contributed by atoms with Crippen LogP contribution in [0.1, 0.15) is 35.1 Å². The monoisotopic (exact) mass is 452 g/mol. The minimum Gasteiger partial charge on any atom is -0.508 e. The standard InChI is InChI=1S/C24H20O9/c1-4-30-24-15(16-18(27)11-5-7-13(25)9(2)19(11)31-22(16)28)17-21(33-24)12-6-8-14(26)10(3)20(12)32-23(17)29/h5-8,15,24-27H,4H2,1-3H3. The number of aromatic hydroxyl groups is 3. The highest BCUT2D eigenvalue weighted by molar-refractivity contribution is 5.91. The lowest BCUT2D eigenvalue weighted by Crippen LogP contribution is -2.29. The van der Waals surface area contributed by atoms with Crippen LogP contribution in [0.5, 0.6) is 23.0 Å². The number of benzene rings is 2. The molecule has 0 saturated carbocycles. The fourth-order valence-electron chi connectivity index (χ4n) is 4.33. The molecule has 3 heterocycles. The third-order valence-corrected chi connectivity index (χ3v) is 6.04. The Bertz CT molecular complexity index is 1560. The molecule has 3 N–H and O–H groups in total. The van der Waals surface area contributed by atoms with Gasteiger partial charge in [0.15, 0.2) is 0 Å². The van der Waals surface area contributed by atoms with Gasteiger partial charge in [-0.3, -0.25) is 0 Å². The Balaban J connectivity index is 1.84. The highest BCUT2D eigenvalue weighted by atomic mass is 16.7. The predicted octanol–water partition coefficient (Wildman–Crippen LogP) is 3.52. The van der Waals surface area contributed by atoms with Crippen molar-refractivity contribution in [3.05, 3.63) is 67.4 Å². The quantitative estimate of drug-likeness (QED) is 0.398. The first kappa shape index (κ1) is 20.9. The molecular weight excluding hydrogens is 432 g/mol. The van der Waals surface area contributed by atoms with Crippen molar-refractivity contribution < 1.29 is 33.6 Å². The van der Waals surface area contributed by atoms with Gasteiger partial charge in [-0.1, -0.05) is 0 Å². The molecule has 0 fully saturated rings. The Hall–Kier alpha value is -3.98. The van der Waals surface area contributed by atoms with Crippen molar-refractivity contribution in [2.75, 3.05) is 6.61 Å². The van der Waals surface area contributed by atoms with E-state index in [2.05, 4.69) is 0 Å². The second kappa shape index (κ2) is 7.28. The van der Waals surface area contributed by atoms with Crippen LogP contribution in [0.15, 0.2) is 42.7 Å². The fraction of sp³-hybridized carbons (Fsp3) is 0.250. The van der Waals surface area contributed by atoms with Gasteiger partial charge in [-0.05, 0) is 45.0 Å². The summed E-state index contributed by atoms with van der Waals surface area (Å²) in [4.78, 5) is 26.1. The van der Waals surface area contributed by atoms with Crippen molar-refractivity contribution in [3.63, 3.8) is 0 Å². The number of rotatable bonds is 3. The van der Waals surface area contributed by atoms with Crippen LogP contribution in [-0.4, -0.2) is 28.2 Å². The third-order valence-electron chi connectivity index (χ3n) is 6.04. The Morgan fingerprint density at radius 2 is 1.39 bits per heavy atom. The molecule has 9 nitrogen and oxygen atoms in total. The summed E-state index contributed by atoms with van der Waals surface area (Å²) in [6, 6.07) is 5.78. The van der Waals surface area contributed by atoms with Gasteiger partial charge in [-0.2, -0.15) is 0 Å². The molecule has 9 heteroatoms. The summed E-state index contributed by atoms with van der Waals surface area (Å²) in [5.41, 5.74) is -1.08. The molecule has 0 radical (unpaired) electrons. The molecule has 0 spiro atoms. The molecule has 0 aliphatic carbocycles. The maximum absolute atomic E-state index is 13.1. The summed E-state index contributed by atoms with van der Waals surface area (Å²) in [7, 11) is 0. The molecule has 0 amide bonds. The Morgan fingerprint density at radius 1 is 0.848 bits per heavy atom. The van der Waals surface area contributed by atoms with Crippen LogP contribution in [0, 0.1) is 13.8 Å². The van der Waals surface area contributed by atoms with Crippen LogP contribution in [-0.2, 0) is 4.74 Å². The zero-order chi connectivity index (χ0) is 23.6. The summed E-state index contributed by atoms with van der Waals surface area (Å²) in [6.07, 6.45) is -1.11. The number of phenolic OH excluding ortho intramolecular Hbond substituents is 2. The first-order valence-corrected chi connectivity index (χ1v) is 10.3. The van der Waals surface area contributed by atoms with Crippen LogP contribution in [0.3, 0.4) is 0 Å². The number of fused-ring (bicyclic) bond motifs is 4. The van der Waals surface area contributed by atoms with Crippen LogP contribution < -0.4 is 16.0 Å². The summed E-state index contributed by atoms with van der Waals surface area (Å²) in [6.45, 7) is 5.07. The van der Waals surface area contributed by atoms with Gasteiger partial charge in [0.2, 0.25) is 6.29 Å². The Morgan fingerprint density at radius 3 is 2.00 bits per heavy atom. The molecule has 4 aromatic rings. The third kappa shape index (κ3) is 2.89. The Kier molecular flexibility index (Phi) is 4.61. The van der Waals surface area contributed by atoms with Gasteiger partial charge < -0.3 is 33.6 Å². The van der Waals surface area contributed by atoms with Gasteiger partial charge in [-0.15, -0.1) is 0 Å². The average molecular weight is 452 g/mol. The van der Waals surface area contributed by atoms with Crippen LogP contribution in [0.25, 0.3) is 21.9 Å². The maximum Gasteiger partial charge on any atom is 0.344 e. The molecule has 2 aromatic carbocycles. The lowest BCUT2D eigenvalue weighted by molar-refractivity contribution is -0.0698. The van der Waals surface area contributed by atoms with E-state index in [1.165, 1.54) is 18.2 Å². The smallest absolute Gasteiger partial charge is 0.344 e. The molecule has 2 atom stereocenters. The van der Waals surface area contributed by atoms with E-state index < -0.39 is 29.2 Å².